The molecule has 4 heteroatoms. The van der Waals surface area contributed by atoms with E-state index >= 15 is 0 Å². The number of allylic oxidation sites excluding steroid dienone is 1. The van der Waals surface area contributed by atoms with Gasteiger partial charge < -0.3 is 14.6 Å². The average Bonchev–Trinajstić information content (AvgIpc) is 2.86. The zero-order valence-corrected chi connectivity index (χ0v) is 13.5. The molecule has 1 saturated heterocycles. The number of nitrogens with zero attached hydrogens (tertiary/aromatic N) is 2. The molecule has 0 bridgehead atoms. The van der Waals surface area contributed by atoms with E-state index in [0.717, 1.165) is 36.4 Å². The maximum absolute atomic E-state index is 5.80. The number of ether oxygens (including phenoxy) is 1. The van der Waals surface area contributed by atoms with E-state index in [-0.39, 0.29) is 6.10 Å². The molecule has 0 aliphatic carbocycles. The standard InChI is InChI=1S/C18H25N3O/c1-4-10-21-17-8-7-15(22-13(2)3)11-16(17)20-18(21)14-6-5-9-19-12-14/h4,7-8,11,13-14,19H,1,5-6,9-10,12H2,2-3H3. The van der Waals surface area contributed by atoms with Crippen LogP contribution in [0.25, 0.3) is 11.0 Å². The third-order valence-electron chi connectivity index (χ3n) is 4.09. The fourth-order valence-electron chi connectivity index (χ4n) is 3.18. The molecule has 1 N–H and O–H groups in total. The Hall–Kier alpha value is -1.81. The number of benzene rings is 1. The number of fused-ring (bicyclic) bond motifs is 1. The van der Waals surface area contributed by atoms with Gasteiger partial charge in [-0.25, -0.2) is 4.98 Å². The van der Waals surface area contributed by atoms with Crippen molar-refractivity contribution >= 4 is 11.0 Å². The molecular formula is C18H25N3O. The van der Waals surface area contributed by atoms with Crippen LogP contribution in [0.3, 0.4) is 0 Å². The first kappa shape index (κ1) is 15.1. The third kappa shape index (κ3) is 3.02. The second kappa shape index (κ2) is 6.53. The number of piperidine rings is 1. The van der Waals surface area contributed by atoms with Crippen molar-refractivity contribution in [2.45, 2.75) is 45.3 Å². The summed E-state index contributed by atoms with van der Waals surface area (Å²) in [4.78, 5) is 4.92. The monoisotopic (exact) mass is 299 g/mol. The van der Waals surface area contributed by atoms with Gasteiger partial charge in [-0.3, -0.25) is 0 Å². The summed E-state index contributed by atoms with van der Waals surface area (Å²) in [6.45, 7) is 10.9. The third-order valence-corrected chi connectivity index (χ3v) is 4.09. The van der Waals surface area contributed by atoms with Crippen LogP contribution >= 0.6 is 0 Å². The molecule has 4 nitrogen and oxygen atoms in total. The Bertz CT molecular complexity index is 654. The second-order valence-corrected chi connectivity index (χ2v) is 6.23. The summed E-state index contributed by atoms with van der Waals surface area (Å²) in [5, 5.41) is 3.48. The number of hydrogen-bond donors (Lipinski definition) is 1. The van der Waals surface area contributed by atoms with Gasteiger partial charge in [0.05, 0.1) is 17.1 Å². The van der Waals surface area contributed by atoms with Gasteiger partial charge in [-0.05, 0) is 45.4 Å². The number of imidazole rings is 1. The van der Waals surface area contributed by atoms with Crippen molar-refractivity contribution in [2.75, 3.05) is 13.1 Å². The first-order chi connectivity index (χ1) is 10.7. The van der Waals surface area contributed by atoms with Gasteiger partial charge in [0.1, 0.15) is 11.6 Å². The minimum Gasteiger partial charge on any atom is -0.491 e. The number of hydrogen-bond acceptors (Lipinski definition) is 3. The van der Waals surface area contributed by atoms with Crippen LogP contribution in [0, 0.1) is 0 Å². The predicted octanol–water partition coefficient (Wildman–Crippen LogP) is 3.48. The second-order valence-electron chi connectivity index (χ2n) is 6.23. The smallest absolute Gasteiger partial charge is 0.121 e. The Kier molecular flexibility index (Phi) is 4.48. The van der Waals surface area contributed by atoms with Gasteiger partial charge in [-0.2, -0.15) is 0 Å². The highest BCUT2D eigenvalue weighted by atomic mass is 16.5. The van der Waals surface area contributed by atoms with E-state index in [1.807, 2.05) is 26.0 Å². The van der Waals surface area contributed by atoms with Gasteiger partial charge in [0, 0.05) is 25.1 Å². The highest BCUT2D eigenvalue weighted by molar-refractivity contribution is 5.78. The molecule has 118 valence electrons. The van der Waals surface area contributed by atoms with Crippen LogP contribution in [-0.4, -0.2) is 28.7 Å². The van der Waals surface area contributed by atoms with Gasteiger partial charge in [0.15, 0.2) is 0 Å². The molecule has 0 amide bonds. The van der Waals surface area contributed by atoms with E-state index in [0.29, 0.717) is 5.92 Å². The molecule has 1 aromatic heterocycles. The Morgan fingerprint density at radius 3 is 3.05 bits per heavy atom. The molecule has 1 aliphatic heterocycles. The lowest BCUT2D eigenvalue weighted by Crippen LogP contribution is -2.30. The van der Waals surface area contributed by atoms with E-state index in [2.05, 4.69) is 28.6 Å². The molecule has 0 saturated carbocycles. The van der Waals surface area contributed by atoms with Gasteiger partial charge in [0.25, 0.3) is 0 Å². The molecule has 22 heavy (non-hydrogen) atoms. The molecule has 3 rings (SSSR count). The summed E-state index contributed by atoms with van der Waals surface area (Å²) >= 11 is 0. The zero-order valence-electron chi connectivity index (χ0n) is 13.5. The topological polar surface area (TPSA) is 39.1 Å². The first-order valence-electron chi connectivity index (χ1n) is 8.17. The average molecular weight is 299 g/mol. The van der Waals surface area contributed by atoms with Crippen LogP contribution in [-0.2, 0) is 6.54 Å². The molecule has 2 heterocycles. The van der Waals surface area contributed by atoms with Crippen LogP contribution in [0.2, 0.25) is 0 Å². The van der Waals surface area contributed by atoms with E-state index in [9.17, 15) is 0 Å². The summed E-state index contributed by atoms with van der Waals surface area (Å²) in [5.41, 5.74) is 2.18. The van der Waals surface area contributed by atoms with E-state index in [1.54, 1.807) is 0 Å². The number of rotatable bonds is 5. The van der Waals surface area contributed by atoms with Crippen LogP contribution < -0.4 is 10.1 Å². The summed E-state index contributed by atoms with van der Waals surface area (Å²) in [6, 6.07) is 6.20. The Balaban J connectivity index is 2.02. The van der Waals surface area contributed by atoms with Crippen molar-refractivity contribution in [2.24, 2.45) is 0 Å². The van der Waals surface area contributed by atoms with Crippen molar-refractivity contribution in [3.63, 3.8) is 0 Å². The lowest BCUT2D eigenvalue weighted by molar-refractivity contribution is 0.242. The molecule has 1 aliphatic rings. The quantitative estimate of drug-likeness (QED) is 0.859. The summed E-state index contributed by atoms with van der Waals surface area (Å²) in [7, 11) is 0. The SMILES string of the molecule is C=CCn1c(C2CCCNC2)nc2cc(OC(C)C)ccc21. The molecular weight excluding hydrogens is 274 g/mol. The molecule has 1 aromatic carbocycles. The summed E-state index contributed by atoms with van der Waals surface area (Å²) in [5.74, 6) is 2.54. The lowest BCUT2D eigenvalue weighted by atomic mass is 9.99. The van der Waals surface area contributed by atoms with Crippen molar-refractivity contribution < 1.29 is 4.74 Å². The molecule has 2 aromatic rings. The van der Waals surface area contributed by atoms with Gasteiger partial charge in [0.2, 0.25) is 0 Å². The minimum absolute atomic E-state index is 0.176. The van der Waals surface area contributed by atoms with Crippen LogP contribution in [0.15, 0.2) is 30.9 Å². The lowest BCUT2D eigenvalue weighted by Gasteiger charge is -2.23. The summed E-state index contributed by atoms with van der Waals surface area (Å²) < 4.78 is 8.09. The van der Waals surface area contributed by atoms with E-state index < -0.39 is 0 Å². The van der Waals surface area contributed by atoms with E-state index in [4.69, 9.17) is 9.72 Å². The highest BCUT2D eigenvalue weighted by Crippen LogP contribution is 2.29. The Morgan fingerprint density at radius 2 is 2.36 bits per heavy atom. The van der Waals surface area contributed by atoms with Gasteiger partial charge >= 0.3 is 0 Å². The van der Waals surface area contributed by atoms with Crippen molar-refractivity contribution in [3.05, 3.63) is 36.7 Å². The first-order valence-corrected chi connectivity index (χ1v) is 8.17. The zero-order chi connectivity index (χ0) is 15.5. The molecule has 0 radical (unpaired) electrons. The largest absolute Gasteiger partial charge is 0.491 e. The minimum atomic E-state index is 0.176. The number of nitrogens with one attached hydrogen (secondary N) is 1. The molecule has 1 atom stereocenters. The van der Waals surface area contributed by atoms with Crippen molar-refractivity contribution in [1.29, 1.82) is 0 Å². The van der Waals surface area contributed by atoms with Crippen LogP contribution in [0.5, 0.6) is 5.75 Å². The van der Waals surface area contributed by atoms with Crippen LogP contribution in [0.4, 0.5) is 0 Å². The normalized spacial score (nSPS) is 18.8. The fraction of sp³-hybridized carbons (Fsp3) is 0.500. The maximum atomic E-state index is 5.80. The molecule has 1 fully saturated rings. The van der Waals surface area contributed by atoms with E-state index in [1.165, 1.54) is 18.7 Å². The Morgan fingerprint density at radius 1 is 1.50 bits per heavy atom. The summed E-state index contributed by atoms with van der Waals surface area (Å²) in [6.07, 6.45) is 4.53. The van der Waals surface area contributed by atoms with Gasteiger partial charge in [-0.15, -0.1) is 6.58 Å². The van der Waals surface area contributed by atoms with Crippen molar-refractivity contribution in [1.82, 2.24) is 14.9 Å². The van der Waals surface area contributed by atoms with Crippen LogP contribution in [0.1, 0.15) is 38.4 Å². The maximum Gasteiger partial charge on any atom is 0.121 e. The molecule has 1 unspecified atom stereocenters. The van der Waals surface area contributed by atoms with Gasteiger partial charge in [-0.1, -0.05) is 6.08 Å². The molecule has 0 spiro atoms. The predicted molar refractivity (Wildman–Crippen MR) is 90.5 cm³/mol. The van der Waals surface area contributed by atoms with Crippen molar-refractivity contribution in [3.8, 4) is 5.75 Å². The number of aromatic nitrogens is 2. The Labute approximate surface area is 132 Å². The highest BCUT2D eigenvalue weighted by Gasteiger charge is 2.22. The fourth-order valence-corrected chi connectivity index (χ4v) is 3.18.